The average Bonchev–Trinajstić information content (AvgIpc) is 3.01. The van der Waals surface area contributed by atoms with Crippen molar-refractivity contribution < 1.29 is 24.2 Å². The van der Waals surface area contributed by atoms with Crippen molar-refractivity contribution >= 4 is 17.6 Å². The van der Waals surface area contributed by atoms with Crippen LogP contribution < -0.4 is 19.7 Å². The van der Waals surface area contributed by atoms with Crippen LogP contribution in [0.25, 0.3) is 0 Å². The lowest BCUT2D eigenvalue weighted by Crippen LogP contribution is -2.54. The fraction of sp³-hybridized carbons (Fsp3) is 0.310. The second-order valence-corrected chi connectivity index (χ2v) is 9.26. The molecule has 36 heavy (non-hydrogen) atoms. The first-order valence-electron chi connectivity index (χ1n) is 12.1. The summed E-state index contributed by atoms with van der Waals surface area (Å²) < 4.78 is 11.2. The van der Waals surface area contributed by atoms with E-state index < -0.39 is 18.1 Å². The number of carboxylic acids is 1. The summed E-state index contributed by atoms with van der Waals surface area (Å²) in [6.45, 7) is 4.67. The number of nitrogens with one attached hydrogen (secondary N) is 1. The van der Waals surface area contributed by atoms with Crippen LogP contribution in [-0.4, -0.2) is 42.8 Å². The number of carbonyl (C=O) groups excluding carboxylic acids is 1. The van der Waals surface area contributed by atoms with E-state index in [1.54, 1.807) is 24.1 Å². The molecule has 0 spiro atoms. The maximum absolute atomic E-state index is 13.8. The van der Waals surface area contributed by atoms with Gasteiger partial charge in [-0.2, -0.15) is 0 Å². The molecule has 2 N–H and O–H groups in total. The minimum absolute atomic E-state index is 0.0328. The number of anilines is 1. The molecular formula is C29H32N2O5. The molecule has 7 nitrogen and oxygen atoms in total. The molecule has 4 rings (SSSR count). The van der Waals surface area contributed by atoms with E-state index in [1.807, 2.05) is 48.5 Å². The molecule has 1 unspecified atom stereocenters. The van der Waals surface area contributed by atoms with E-state index in [9.17, 15) is 14.7 Å². The van der Waals surface area contributed by atoms with Gasteiger partial charge >= 0.3 is 5.97 Å². The molecule has 3 aromatic rings. The Labute approximate surface area is 211 Å². The van der Waals surface area contributed by atoms with Crippen LogP contribution in [0.4, 0.5) is 5.69 Å². The largest absolute Gasteiger partial charge is 0.497 e. The number of aliphatic carboxylic acids is 1. The molecule has 0 aliphatic carbocycles. The Morgan fingerprint density at radius 2 is 1.72 bits per heavy atom. The van der Waals surface area contributed by atoms with Crippen molar-refractivity contribution in [1.82, 2.24) is 5.32 Å². The number of benzene rings is 3. The first kappa shape index (κ1) is 25.3. The van der Waals surface area contributed by atoms with Gasteiger partial charge in [0.15, 0.2) is 0 Å². The highest BCUT2D eigenvalue weighted by Crippen LogP contribution is 2.32. The van der Waals surface area contributed by atoms with Crippen LogP contribution in [0.3, 0.4) is 0 Å². The predicted molar refractivity (Wildman–Crippen MR) is 139 cm³/mol. The summed E-state index contributed by atoms with van der Waals surface area (Å²) in [6, 6.07) is 21.0. The molecule has 1 aliphatic heterocycles. The highest BCUT2D eigenvalue weighted by Gasteiger charge is 2.34. The number of hydrogen-bond donors (Lipinski definition) is 2. The molecule has 2 atom stereocenters. The Hall–Kier alpha value is -3.84. The number of hydrogen-bond acceptors (Lipinski definition) is 5. The second kappa shape index (κ2) is 11.3. The topological polar surface area (TPSA) is 88.1 Å². The number of ether oxygens (including phenoxy) is 2. The number of para-hydroxylation sites is 2. The lowest BCUT2D eigenvalue weighted by Gasteiger charge is -2.27. The summed E-state index contributed by atoms with van der Waals surface area (Å²) >= 11 is 0. The number of rotatable bonds is 9. The van der Waals surface area contributed by atoms with Gasteiger partial charge in [0.1, 0.15) is 30.2 Å². The molecular weight excluding hydrogens is 456 g/mol. The summed E-state index contributed by atoms with van der Waals surface area (Å²) in [5.74, 6) is 0.446. The van der Waals surface area contributed by atoms with Crippen LogP contribution in [0.2, 0.25) is 0 Å². The van der Waals surface area contributed by atoms with Gasteiger partial charge in [0.05, 0.1) is 19.3 Å². The van der Waals surface area contributed by atoms with Gasteiger partial charge in [-0.05, 0) is 53.3 Å². The lowest BCUT2D eigenvalue weighted by atomic mass is 10.0. The zero-order valence-electron chi connectivity index (χ0n) is 20.8. The van der Waals surface area contributed by atoms with Crippen LogP contribution in [-0.2, 0) is 22.6 Å². The SMILES string of the molecule is COc1ccc(C[C@H](NC2COc3ccccc3N(Cc3ccc(C(C)C)cc3)C2=O)C(=O)O)cc1. The van der Waals surface area contributed by atoms with Crippen molar-refractivity contribution in [2.75, 3.05) is 18.6 Å². The molecule has 3 aromatic carbocycles. The average molecular weight is 489 g/mol. The van der Waals surface area contributed by atoms with Crippen LogP contribution in [0.15, 0.2) is 72.8 Å². The van der Waals surface area contributed by atoms with Gasteiger partial charge in [0.2, 0.25) is 5.91 Å². The van der Waals surface area contributed by atoms with Gasteiger partial charge < -0.3 is 19.5 Å². The van der Waals surface area contributed by atoms with Crippen molar-refractivity contribution in [3.05, 3.63) is 89.5 Å². The number of nitrogens with zero attached hydrogens (tertiary/aromatic N) is 1. The second-order valence-electron chi connectivity index (χ2n) is 9.26. The maximum atomic E-state index is 13.8. The molecule has 0 saturated carbocycles. The van der Waals surface area contributed by atoms with Gasteiger partial charge in [-0.1, -0.05) is 62.4 Å². The van der Waals surface area contributed by atoms with E-state index in [4.69, 9.17) is 9.47 Å². The number of fused-ring (bicyclic) bond motifs is 1. The Morgan fingerprint density at radius 1 is 1.06 bits per heavy atom. The minimum Gasteiger partial charge on any atom is -0.497 e. The monoisotopic (exact) mass is 488 g/mol. The van der Waals surface area contributed by atoms with Gasteiger partial charge in [-0.3, -0.25) is 14.9 Å². The Bertz CT molecular complexity index is 1190. The Kier molecular flexibility index (Phi) is 7.90. The lowest BCUT2D eigenvalue weighted by molar-refractivity contribution is -0.140. The molecule has 1 amide bonds. The first-order valence-corrected chi connectivity index (χ1v) is 12.1. The van der Waals surface area contributed by atoms with E-state index in [2.05, 4.69) is 31.3 Å². The van der Waals surface area contributed by atoms with Crippen molar-refractivity contribution in [3.8, 4) is 11.5 Å². The fourth-order valence-corrected chi connectivity index (χ4v) is 4.28. The van der Waals surface area contributed by atoms with Gasteiger partial charge in [-0.15, -0.1) is 0 Å². The van der Waals surface area contributed by atoms with Crippen LogP contribution >= 0.6 is 0 Å². The van der Waals surface area contributed by atoms with Crippen LogP contribution in [0.1, 0.15) is 36.5 Å². The third-order valence-corrected chi connectivity index (χ3v) is 6.41. The van der Waals surface area contributed by atoms with E-state index in [0.717, 1.165) is 11.1 Å². The molecule has 0 fully saturated rings. The van der Waals surface area contributed by atoms with Gasteiger partial charge in [0, 0.05) is 0 Å². The molecule has 1 aliphatic rings. The first-order chi connectivity index (χ1) is 17.4. The Balaban J connectivity index is 1.57. The van der Waals surface area contributed by atoms with E-state index in [1.165, 1.54) is 5.56 Å². The van der Waals surface area contributed by atoms with Crippen molar-refractivity contribution in [3.63, 3.8) is 0 Å². The van der Waals surface area contributed by atoms with Crippen LogP contribution in [0.5, 0.6) is 11.5 Å². The summed E-state index contributed by atoms with van der Waals surface area (Å²) in [6.07, 6.45) is 0.215. The summed E-state index contributed by atoms with van der Waals surface area (Å²) in [5, 5.41) is 13.0. The fourth-order valence-electron chi connectivity index (χ4n) is 4.28. The van der Waals surface area contributed by atoms with E-state index in [0.29, 0.717) is 29.6 Å². The molecule has 0 aromatic heterocycles. The highest BCUT2D eigenvalue weighted by molar-refractivity contribution is 5.99. The van der Waals surface area contributed by atoms with Gasteiger partial charge in [-0.25, -0.2) is 0 Å². The number of methoxy groups -OCH3 is 1. The molecule has 0 radical (unpaired) electrons. The van der Waals surface area contributed by atoms with Crippen molar-refractivity contribution in [1.29, 1.82) is 0 Å². The molecule has 0 saturated heterocycles. The maximum Gasteiger partial charge on any atom is 0.321 e. The van der Waals surface area contributed by atoms with Crippen molar-refractivity contribution in [2.45, 2.75) is 44.8 Å². The molecule has 7 heteroatoms. The zero-order chi connectivity index (χ0) is 25.7. The predicted octanol–water partition coefficient (Wildman–Crippen LogP) is 4.40. The normalized spacial score (nSPS) is 16.2. The van der Waals surface area contributed by atoms with E-state index >= 15 is 0 Å². The third-order valence-electron chi connectivity index (χ3n) is 6.41. The van der Waals surface area contributed by atoms with Crippen LogP contribution in [0, 0.1) is 0 Å². The Morgan fingerprint density at radius 3 is 2.36 bits per heavy atom. The van der Waals surface area contributed by atoms with Gasteiger partial charge in [0.25, 0.3) is 0 Å². The number of carbonyl (C=O) groups is 2. The summed E-state index contributed by atoms with van der Waals surface area (Å²) in [5.41, 5.74) is 3.70. The third kappa shape index (κ3) is 5.86. The quantitative estimate of drug-likeness (QED) is 0.464. The summed E-state index contributed by atoms with van der Waals surface area (Å²) in [7, 11) is 1.58. The van der Waals surface area contributed by atoms with E-state index in [-0.39, 0.29) is 18.9 Å². The smallest absolute Gasteiger partial charge is 0.321 e. The number of amides is 1. The molecule has 1 heterocycles. The molecule has 188 valence electrons. The highest BCUT2D eigenvalue weighted by atomic mass is 16.5. The zero-order valence-corrected chi connectivity index (χ0v) is 20.8. The molecule has 0 bridgehead atoms. The summed E-state index contributed by atoms with van der Waals surface area (Å²) in [4.78, 5) is 27.6. The standard InChI is InChI=1S/C29H32N2O5/c1-19(2)22-12-8-21(9-13-22)17-31-26-6-4-5-7-27(26)36-18-25(28(31)32)30-24(29(33)34)16-20-10-14-23(35-3)15-11-20/h4-15,19,24-25,30H,16-18H2,1-3H3,(H,33,34)/t24-,25?/m0/s1. The number of carboxylic acid groups (broad SMARTS) is 1. The van der Waals surface area contributed by atoms with Crippen molar-refractivity contribution in [2.24, 2.45) is 0 Å². The minimum atomic E-state index is -1.03.